The maximum Gasteiger partial charge on any atom is 0.120 e. The van der Waals surface area contributed by atoms with Gasteiger partial charge in [0.2, 0.25) is 0 Å². The first-order valence-corrected chi connectivity index (χ1v) is 11.7. The molecule has 29 heavy (non-hydrogen) atoms. The molecule has 0 N–H and O–H groups in total. The van der Waals surface area contributed by atoms with E-state index in [-0.39, 0.29) is 0 Å². The average molecular weight is 389 g/mol. The smallest absolute Gasteiger partial charge is 0.120 e. The molecule has 2 aromatic rings. The first-order chi connectivity index (χ1) is 14.3. The third-order valence-corrected chi connectivity index (χ3v) is 7.39. The van der Waals surface area contributed by atoms with Gasteiger partial charge in [-0.1, -0.05) is 49.1 Å². The van der Waals surface area contributed by atoms with Crippen molar-refractivity contribution >= 4 is 10.8 Å². The number of allylic oxidation sites excluding steroid dienone is 2. The average Bonchev–Trinajstić information content (AvgIpc) is 2.78. The molecule has 0 aliphatic heterocycles. The quantitative estimate of drug-likeness (QED) is 0.455. The zero-order valence-corrected chi connectivity index (χ0v) is 18.0. The monoisotopic (exact) mass is 388 g/mol. The molecule has 0 atom stereocenters. The number of fused-ring (bicyclic) bond motifs is 1. The molecule has 0 aromatic heterocycles. The molecule has 0 saturated heterocycles. The standard InChI is InChI=1S/C28H36O/c1-3-5-21-6-8-22(9-7-21)23-10-12-24(13-11-23)25-14-15-27-20-28(29-18-4-2)17-16-26(27)19-25/h3-5,14-17,19-24H,2,6-13,18H2,1H3/b5-3+. The van der Waals surface area contributed by atoms with Crippen molar-refractivity contribution in [3.63, 3.8) is 0 Å². The van der Waals surface area contributed by atoms with Crippen molar-refractivity contribution in [2.24, 2.45) is 17.8 Å². The lowest BCUT2D eigenvalue weighted by Crippen LogP contribution is -2.25. The van der Waals surface area contributed by atoms with E-state index in [1.54, 1.807) is 6.08 Å². The van der Waals surface area contributed by atoms with Crippen LogP contribution in [-0.4, -0.2) is 6.61 Å². The van der Waals surface area contributed by atoms with Crippen molar-refractivity contribution in [2.75, 3.05) is 6.61 Å². The van der Waals surface area contributed by atoms with Crippen LogP contribution in [0.4, 0.5) is 0 Å². The summed E-state index contributed by atoms with van der Waals surface area (Å²) in [6.07, 6.45) is 17.8. The first kappa shape index (κ1) is 20.3. The van der Waals surface area contributed by atoms with Crippen LogP contribution < -0.4 is 4.74 Å². The molecule has 154 valence electrons. The molecule has 0 heterocycles. The molecule has 1 nitrogen and oxygen atoms in total. The van der Waals surface area contributed by atoms with Crippen molar-refractivity contribution in [2.45, 2.75) is 64.2 Å². The fourth-order valence-electron chi connectivity index (χ4n) is 5.75. The maximum atomic E-state index is 5.68. The summed E-state index contributed by atoms with van der Waals surface area (Å²) in [6.45, 7) is 6.44. The summed E-state index contributed by atoms with van der Waals surface area (Å²) in [4.78, 5) is 0. The van der Waals surface area contributed by atoms with Gasteiger partial charge in [0.1, 0.15) is 12.4 Å². The molecule has 2 aromatic carbocycles. The lowest BCUT2D eigenvalue weighted by molar-refractivity contribution is 0.171. The Labute approximate surface area is 176 Å². The van der Waals surface area contributed by atoms with E-state index >= 15 is 0 Å². The van der Waals surface area contributed by atoms with Gasteiger partial charge < -0.3 is 4.74 Å². The summed E-state index contributed by atoms with van der Waals surface area (Å²) in [7, 11) is 0. The zero-order valence-electron chi connectivity index (χ0n) is 18.0. The Hall–Kier alpha value is -2.02. The zero-order chi connectivity index (χ0) is 20.1. The summed E-state index contributed by atoms with van der Waals surface area (Å²) in [6, 6.07) is 13.5. The Morgan fingerprint density at radius 1 is 0.862 bits per heavy atom. The minimum atomic E-state index is 0.559. The summed E-state index contributed by atoms with van der Waals surface area (Å²) in [5.41, 5.74) is 1.53. The van der Waals surface area contributed by atoms with Crippen molar-refractivity contribution in [3.05, 3.63) is 66.8 Å². The third kappa shape index (κ3) is 4.94. The second kappa shape index (κ2) is 9.65. The highest BCUT2D eigenvalue weighted by molar-refractivity contribution is 5.84. The van der Waals surface area contributed by atoms with Gasteiger partial charge in [0, 0.05) is 0 Å². The lowest BCUT2D eigenvalue weighted by atomic mass is 9.68. The van der Waals surface area contributed by atoms with Crippen LogP contribution in [0.25, 0.3) is 10.8 Å². The molecule has 0 unspecified atom stereocenters. The fraction of sp³-hybridized carbons (Fsp3) is 0.500. The van der Waals surface area contributed by atoms with E-state index in [0.29, 0.717) is 6.61 Å². The third-order valence-electron chi connectivity index (χ3n) is 7.39. The Morgan fingerprint density at radius 3 is 2.21 bits per heavy atom. The second-order valence-electron chi connectivity index (χ2n) is 9.18. The summed E-state index contributed by atoms with van der Waals surface area (Å²) in [5, 5.41) is 2.60. The normalized spacial score (nSPS) is 27.9. The van der Waals surface area contributed by atoms with E-state index < -0.39 is 0 Å². The number of ether oxygens (including phenoxy) is 1. The highest BCUT2D eigenvalue weighted by Crippen LogP contribution is 2.44. The van der Waals surface area contributed by atoms with Gasteiger partial charge in [-0.3, -0.25) is 0 Å². The second-order valence-corrected chi connectivity index (χ2v) is 9.18. The van der Waals surface area contributed by atoms with Crippen LogP contribution in [0.1, 0.15) is 69.8 Å². The Balaban J connectivity index is 1.34. The molecule has 2 saturated carbocycles. The minimum Gasteiger partial charge on any atom is -0.490 e. The Morgan fingerprint density at radius 2 is 1.52 bits per heavy atom. The molecule has 2 fully saturated rings. The molecule has 0 bridgehead atoms. The van der Waals surface area contributed by atoms with E-state index in [9.17, 15) is 0 Å². The SMILES string of the molecule is C=CCOc1ccc2cc(C3CCC(C4CCC(/C=C/C)CC4)CC3)ccc2c1. The first-order valence-electron chi connectivity index (χ1n) is 11.7. The van der Waals surface area contributed by atoms with Gasteiger partial charge in [-0.2, -0.15) is 0 Å². The predicted molar refractivity (Wildman–Crippen MR) is 125 cm³/mol. The Kier molecular flexibility index (Phi) is 6.74. The van der Waals surface area contributed by atoms with E-state index in [4.69, 9.17) is 4.74 Å². The summed E-state index contributed by atoms with van der Waals surface area (Å²) >= 11 is 0. The van der Waals surface area contributed by atoms with Gasteiger partial charge in [0.15, 0.2) is 0 Å². The Bertz CT molecular complexity index is 833. The molecule has 0 amide bonds. The fourth-order valence-corrected chi connectivity index (χ4v) is 5.75. The number of rotatable bonds is 6. The largest absolute Gasteiger partial charge is 0.490 e. The molecule has 2 aliphatic carbocycles. The molecule has 0 radical (unpaired) electrons. The molecule has 2 aliphatic rings. The maximum absolute atomic E-state index is 5.68. The number of benzene rings is 2. The van der Waals surface area contributed by atoms with Gasteiger partial charge in [-0.15, -0.1) is 0 Å². The van der Waals surface area contributed by atoms with Crippen molar-refractivity contribution in [3.8, 4) is 5.75 Å². The van der Waals surface area contributed by atoms with Crippen molar-refractivity contribution in [1.82, 2.24) is 0 Å². The van der Waals surface area contributed by atoms with Crippen LogP contribution in [0.3, 0.4) is 0 Å². The predicted octanol–water partition coefficient (Wildman–Crippen LogP) is 8.06. The molecule has 0 spiro atoms. The molecule has 4 rings (SSSR count). The molecular weight excluding hydrogens is 352 g/mol. The minimum absolute atomic E-state index is 0.559. The summed E-state index contributed by atoms with van der Waals surface area (Å²) in [5.74, 6) is 4.49. The molecule has 1 heteroatoms. The van der Waals surface area contributed by atoms with E-state index in [1.807, 2.05) is 0 Å². The van der Waals surface area contributed by atoms with Crippen molar-refractivity contribution < 1.29 is 4.74 Å². The van der Waals surface area contributed by atoms with Crippen LogP contribution in [0, 0.1) is 17.8 Å². The van der Waals surface area contributed by atoms with Crippen LogP contribution in [-0.2, 0) is 0 Å². The van der Waals surface area contributed by atoms with Gasteiger partial charge in [0.05, 0.1) is 0 Å². The molecular formula is C28H36O. The van der Waals surface area contributed by atoms with E-state index in [0.717, 1.165) is 29.4 Å². The van der Waals surface area contributed by atoms with Crippen LogP contribution in [0.15, 0.2) is 61.2 Å². The highest BCUT2D eigenvalue weighted by Gasteiger charge is 2.30. The van der Waals surface area contributed by atoms with Crippen LogP contribution >= 0.6 is 0 Å². The van der Waals surface area contributed by atoms with Gasteiger partial charge >= 0.3 is 0 Å². The van der Waals surface area contributed by atoms with Crippen LogP contribution in [0.2, 0.25) is 0 Å². The lowest BCUT2D eigenvalue weighted by Gasteiger charge is -2.37. The van der Waals surface area contributed by atoms with E-state index in [1.165, 1.54) is 67.7 Å². The van der Waals surface area contributed by atoms with Gasteiger partial charge in [-0.25, -0.2) is 0 Å². The summed E-state index contributed by atoms with van der Waals surface area (Å²) < 4.78 is 5.68. The topological polar surface area (TPSA) is 9.23 Å². The highest BCUT2D eigenvalue weighted by atomic mass is 16.5. The van der Waals surface area contributed by atoms with Gasteiger partial charge in [-0.05, 0) is 110 Å². The number of hydrogen-bond donors (Lipinski definition) is 0. The van der Waals surface area contributed by atoms with E-state index in [2.05, 4.69) is 62.1 Å². The van der Waals surface area contributed by atoms with Crippen LogP contribution in [0.5, 0.6) is 5.75 Å². The van der Waals surface area contributed by atoms with Crippen molar-refractivity contribution in [1.29, 1.82) is 0 Å². The van der Waals surface area contributed by atoms with Gasteiger partial charge in [0.25, 0.3) is 0 Å². The number of hydrogen-bond acceptors (Lipinski definition) is 1.